The van der Waals surface area contributed by atoms with Crippen LogP contribution < -0.4 is 21.9 Å². The lowest BCUT2D eigenvalue weighted by Gasteiger charge is -2.24. The Morgan fingerprint density at radius 1 is 1.15 bits per heavy atom. The Hall–Kier alpha value is -4.07. The standard InChI is InChI=1S/C25H26N4O4/c1-3-11-28(21(30)13-18-15-33-20-12-16(2)9-10-19(18)20)22-23(26)29(25(32)27-24(22)31)14-17-7-5-4-6-8-17/h4-10,12,15H,3,11,13-14,26H2,1-2H3,(H,27,31,32). The third-order valence-electron chi connectivity index (χ3n) is 5.57. The van der Waals surface area contributed by atoms with E-state index in [2.05, 4.69) is 4.98 Å². The van der Waals surface area contributed by atoms with Crippen LogP contribution in [0.2, 0.25) is 0 Å². The maximum absolute atomic E-state index is 13.4. The lowest BCUT2D eigenvalue weighted by molar-refractivity contribution is -0.118. The van der Waals surface area contributed by atoms with E-state index in [-0.39, 0.29) is 36.9 Å². The van der Waals surface area contributed by atoms with Gasteiger partial charge in [0.25, 0.3) is 5.56 Å². The number of nitrogens with one attached hydrogen (secondary N) is 1. The topological polar surface area (TPSA) is 114 Å². The van der Waals surface area contributed by atoms with E-state index in [1.54, 1.807) is 6.26 Å². The van der Waals surface area contributed by atoms with Crippen LogP contribution in [-0.4, -0.2) is 22.0 Å². The Morgan fingerprint density at radius 3 is 2.64 bits per heavy atom. The number of aromatic amines is 1. The second kappa shape index (κ2) is 9.20. The first kappa shape index (κ1) is 22.1. The highest BCUT2D eigenvalue weighted by molar-refractivity contribution is 5.98. The van der Waals surface area contributed by atoms with E-state index < -0.39 is 11.2 Å². The number of hydrogen-bond donors (Lipinski definition) is 2. The van der Waals surface area contributed by atoms with Gasteiger partial charge in [0.1, 0.15) is 11.4 Å². The Bertz CT molecular complexity index is 1420. The fraction of sp³-hybridized carbons (Fsp3) is 0.240. The van der Waals surface area contributed by atoms with Crippen molar-refractivity contribution >= 4 is 28.4 Å². The van der Waals surface area contributed by atoms with Crippen LogP contribution in [0.15, 0.2) is 68.8 Å². The molecule has 4 aromatic rings. The molecule has 0 fully saturated rings. The molecule has 0 unspecified atom stereocenters. The van der Waals surface area contributed by atoms with E-state index in [1.807, 2.05) is 62.4 Å². The highest BCUT2D eigenvalue weighted by atomic mass is 16.3. The summed E-state index contributed by atoms with van der Waals surface area (Å²) >= 11 is 0. The molecule has 2 aromatic heterocycles. The van der Waals surface area contributed by atoms with Gasteiger partial charge in [-0.05, 0) is 30.5 Å². The van der Waals surface area contributed by atoms with Crippen molar-refractivity contribution in [1.82, 2.24) is 9.55 Å². The molecule has 0 saturated heterocycles. The zero-order valence-corrected chi connectivity index (χ0v) is 18.6. The number of fused-ring (bicyclic) bond motifs is 1. The van der Waals surface area contributed by atoms with Crippen molar-refractivity contribution in [2.24, 2.45) is 0 Å². The number of nitrogens with two attached hydrogens (primary N) is 1. The second-order valence-electron chi connectivity index (χ2n) is 8.05. The maximum atomic E-state index is 13.4. The van der Waals surface area contributed by atoms with Crippen LogP contribution in [0.5, 0.6) is 0 Å². The van der Waals surface area contributed by atoms with Crippen molar-refractivity contribution in [3.63, 3.8) is 0 Å². The van der Waals surface area contributed by atoms with E-state index in [4.69, 9.17) is 10.2 Å². The van der Waals surface area contributed by atoms with Crippen molar-refractivity contribution in [3.8, 4) is 0 Å². The summed E-state index contributed by atoms with van der Waals surface area (Å²) < 4.78 is 6.89. The van der Waals surface area contributed by atoms with Gasteiger partial charge in [-0.2, -0.15) is 0 Å². The Morgan fingerprint density at radius 2 is 1.91 bits per heavy atom. The number of H-pyrrole nitrogens is 1. The number of rotatable bonds is 7. The van der Waals surface area contributed by atoms with Crippen LogP contribution >= 0.6 is 0 Å². The van der Waals surface area contributed by atoms with Gasteiger partial charge in [0, 0.05) is 17.5 Å². The number of nitrogens with zero attached hydrogens (tertiary/aromatic N) is 2. The zero-order chi connectivity index (χ0) is 23.5. The Labute approximate surface area is 190 Å². The lowest BCUT2D eigenvalue weighted by Crippen LogP contribution is -2.42. The van der Waals surface area contributed by atoms with E-state index >= 15 is 0 Å². The van der Waals surface area contributed by atoms with Crippen molar-refractivity contribution in [2.75, 3.05) is 17.2 Å². The molecule has 170 valence electrons. The molecule has 3 N–H and O–H groups in total. The Kier molecular flexibility index (Phi) is 6.17. The first-order chi connectivity index (χ1) is 15.9. The van der Waals surface area contributed by atoms with Crippen LogP contribution in [0.1, 0.15) is 30.0 Å². The molecule has 8 heteroatoms. The predicted molar refractivity (Wildman–Crippen MR) is 129 cm³/mol. The van der Waals surface area contributed by atoms with Gasteiger partial charge in [-0.25, -0.2) is 4.79 Å². The van der Waals surface area contributed by atoms with Gasteiger partial charge < -0.3 is 15.1 Å². The summed E-state index contributed by atoms with van der Waals surface area (Å²) in [6.07, 6.45) is 2.20. The molecule has 8 nitrogen and oxygen atoms in total. The lowest BCUT2D eigenvalue weighted by atomic mass is 10.1. The first-order valence-corrected chi connectivity index (χ1v) is 10.8. The second-order valence-corrected chi connectivity index (χ2v) is 8.05. The number of furan rings is 1. The molecular weight excluding hydrogens is 420 g/mol. The number of aromatic nitrogens is 2. The molecule has 0 radical (unpaired) electrons. The van der Waals surface area contributed by atoms with Gasteiger partial charge in [-0.3, -0.25) is 19.1 Å². The first-order valence-electron chi connectivity index (χ1n) is 10.8. The molecule has 0 saturated carbocycles. The molecule has 0 spiro atoms. The monoisotopic (exact) mass is 446 g/mol. The van der Waals surface area contributed by atoms with Crippen LogP contribution in [0.25, 0.3) is 11.0 Å². The number of carbonyl (C=O) groups excluding carboxylic acids is 1. The molecular formula is C25H26N4O4. The molecule has 4 rings (SSSR count). The smallest absolute Gasteiger partial charge is 0.330 e. The summed E-state index contributed by atoms with van der Waals surface area (Å²) in [5.41, 5.74) is 8.33. The average Bonchev–Trinajstić information content (AvgIpc) is 3.18. The van der Waals surface area contributed by atoms with Crippen molar-refractivity contribution in [2.45, 2.75) is 33.2 Å². The summed E-state index contributed by atoms with van der Waals surface area (Å²) in [7, 11) is 0. The summed E-state index contributed by atoms with van der Waals surface area (Å²) in [6, 6.07) is 15.1. The third-order valence-corrected chi connectivity index (χ3v) is 5.57. The molecule has 33 heavy (non-hydrogen) atoms. The molecule has 2 aromatic carbocycles. The van der Waals surface area contributed by atoms with Crippen LogP contribution in [0.3, 0.4) is 0 Å². The Balaban J connectivity index is 1.72. The van der Waals surface area contributed by atoms with Crippen molar-refractivity contribution < 1.29 is 9.21 Å². The minimum atomic E-state index is -0.684. The summed E-state index contributed by atoms with van der Waals surface area (Å²) in [5.74, 6) is -0.343. The van der Waals surface area contributed by atoms with Crippen LogP contribution in [0.4, 0.5) is 11.5 Å². The highest BCUT2D eigenvalue weighted by Gasteiger charge is 2.25. The van der Waals surface area contributed by atoms with E-state index in [9.17, 15) is 14.4 Å². The van der Waals surface area contributed by atoms with E-state index in [0.717, 1.165) is 22.1 Å². The summed E-state index contributed by atoms with van der Waals surface area (Å²) in [5, 5.41) is 0.848. The molecule has 0 aliphatic heterocycles. The minimum absolute atomic E-state index is 0.0129. The summed E-state index contributed by atoms with van der Waals surface area (Å²) in [6.45, 7) is 4.33. The van der Waals surface area contributed by atoms with Crippen LogP contribution in [0, 0.1) is 6.92 Å². The number of aryl methyl sites for hydroxylation is 1. The number of carbonyl (C=O) groups is 1. The van der Waals surface area contributed by atoms with Gasteiger partial charge in [0.05, 0.1) is 19.2 Å². The fourth-order valence-electron chi connectivity index (χ4n) is 3.93. The summed E-state index contributed by atoms with van der Waals surface area (Å²) in [4.78, 5) is 42.3. The largest absolute Gasteiger partial charge is 0.464 e. The van der Waals surface area contributed by atoms with Gasteiger partial charge in [-0.1, -0.05) is 49.4 Å². The third kappa shape index (κ3) is 4.45. The van der Waals surface area contributed by atoms with Gasteiger partial charge in [0.15, 0.2) is 5.69 Å². The molecule has 0 aliphatic rings. The quantitative estimate of drug-likeness (QED) is 0.452. The number of benzene rings is 2. The normalized spacial score (nSPS) is 11.1. The molecule has 0 bridgehead atoms. The number of hydrogen-bond acceptors (Lipinski definition) is 5. The average molecular weight is 447 g/mol. The predicted octanol–water partition coefficient (Wildman–Crippen LogP) is 3.21. The fourth-order valence-corrected chi connectivity index (χ4v) is 3.93. The van der Waals surface area contributed by atoms with Crippen molar-refractivity contribution in [3.05, 3.63) is 92.3 Å². The molecule has 0 aliphatic carbocycles. The molecule has 0 atom stereocenters. The highest BCUT2D eigenvalue weighted by Crippen LogP contribution is 2.25. The number of nitrogen functional groups attached to an aromatic ring is 1. The van der Waals surface area contributed by atoms with E-state index in [1.165, 1.54) is 9.47 Å². The van der Waals surface area contributed by atoms with Gasteiger partial charge >= 0.3 is 5.69 Å². The number of amides is 1. The van der Waals surface area contributed by atoms with E-state index in [0.29, 0.717) is 12.0 Å². The van der Waals surface area contributed by atoms with Crippen molar-refractivity contribution in [1.29, 1.82) is 0 Å². The van der Waals surface area contributed by atoms with Crippen LogP contribution in [-0.2, 0) is 17.8 Å². The molecule has 1 amide bonds. The van der Waals surface area contributed by atoms with Gasteiger partial charge in [-0.15, -0.1) is 0 Å². The van der Waals surface area contributed by atoms with Gasteiger partial charge in [0.2, 0.25) is 5.91 Å². The SMILES string of the molecule is CCCN(C(=O)Cc1coc2cc(C)ccc12)c1c(N)n(Cc2ccccc2)c(=O)[nH]c1=O. The number of anilines is 2. The maximum Gasteiger partial charge on any atom is 0.330 e. The zero-order valence-electron chi connectivity index (χ0n) is 18.6. The minimum Gasteiger partial charge on any atom is -0.464 e. The molecule has 2 heterocycles.